The zero-order chi connectivity index (χ0) is 12.8. The van der Waals surface area contributed by atoms with Crippen molar-refractivity contribution in [3.8, 4) is 17.2 Å². The predicted octanol–water partition coefficient (Wildman–Crippen LogP) is 3.21. The van der Waals surface area contributed by atoms with Gasteiger partial charge in [-0.1, -0.05) is 18.2 Å². The van der Waals surface area contributed by atoms with Gasteiger partial charge in [-0.3, -0.25) is 0 Å². The average Bonchev–Trinajstić information content (AvgIpc) is 2.40. The summed E-state index contributed by atoms with van der Waals surface area (Å²) >= 11 is 0. The fourth-order valence-corrected chi connectivity index (χ4v) is 1.72. The molecule has 0 amide bonds. The van der Waals surface area contributed by atoms with E-state index in [-0.39, 0.29) is 0 Å². The summed E-state index contributed by atoms with van der Waals surface area (Å²) < 4.78 is 11.0. The number of benzene rings is 2. The van der Waals surface area contributed by atoms with Crippen molar-refractivity contribution >= 4 is 0 Å². The highest BCUT2D eigenvalue weighted by Crippen LogP contribution is 2.25. The lowest BCUT2D eigenvalue weighted by Gasteiger charge is -2.08. The highest BCUT2D eigenvalue weighted by Gasteiger charge is 2.00. The Bertz CT molecular complexity index is 511. The zero-order valence-corrected chi connectivity index (χ0v) is 10.6. The van der Waals surface area contributed by atoms with E-state index in [4.69, 9.17) is 9.47 Å². The van der Waals surface area contributed by atoms with Crippen molar-refractivity contribution in [3.05, 3.63) is 54.1 Å². The number of ether oxygens (including phenoxy) is 2. The topological polar surface area (TPSA) is 30.5 Å². The molecule has 2 rings (SSSR count). The SMILES string of the molecule is CNCc1cccc(Oc2cccc(OC)c2)c1. The first kappa shape index (κ1) is 12.5. The van der Waals surface area contributed by atoms with Crippen molar-refractivity contribution < 1.29 is 9.47 Å². The predicted molar refractivity (Wildman–Crippen MR) is 72.3 cm³/mol. The van der Waals surface area contributed by atoms with Gasteiger partial charge in [0.15, 0.2) is 0 Å². The van der Waals surface area contributed by atoms with Crippen LogP contribution < -0.4 is 14.8 Å². The molecule has 0 saturated carbocycles. The molecular weight excluding hydrogens is 226 g/mol. The van der Waals surface area contributed by atoms with Crippen molar-refractivity contribution in [1.29, 1.82) is 0 Å². The first-order valence-corrected chi connectivity index (χ1v) is 5.87. The molecule has 2 aromatic rings. The Balaban J connectivity index is 2.14. The van der Waals surface area contributed by atoms with Crippen molar-refractivity contribution in [2.45, 2.75) is 6.54 Å². The van der Waals surface area contributed by atoms with E-state index in [9.17, 15) is 0 Å². The van der Waals surface area contributed by atoms with E-state index in [1.807, 2.05) is 49.5 Å². The Morgan fingerprint density at radius 3 is 2.33 bits per heavy atom. The molecule has 0 atom stereocenters. The number of hydrogen-bond donors (Lipinski definition) is 1. The average molecular weight is 243 g/mol. The quantitative estimate of drug-likeness (QED) is 0.874. The third-order valence-electron chi connectivity index (χ3n) is 2.56. The van der Waals surface area contributed by atoms with Gasteiger partial charge in [-0.25, -0.2) is 0 Å². The van der Waals surface area contributed by atoms with Crippen LogP contribution in [0.4, 0.5) is 0 Å². The maximum absolute atomic E-state index is 5.80. The molecule has 2 aromatic carbocycles. The number of nitrogens with one attached hydrogen (secondary N) is 1. The third kappa shape index (κ3) is 3.25. The summed E-state index contributed by atoms with van der Waals surface area (Å²) in [5.74, 6) is 2.39. The summed E-state index contributed by atoms with van der Waals surface area (Å²) in [4.78, 5) is 0. The minimum absolute atomic E-state index is 0.774. The van der Waals surface area contributed by atoms with Crippen LogP contribution in [-0.4, -0.2) is 14.2 Å². The molecule has 0 aromatic heterocycles. The number of hydrogen-bond acceptors (Lipinski definition) is 3. The summed E-state index contributed by atoms with van der Waals surface area (Å²) in [7, 11) is 3.57. The summed E-state index contributed by atoms with van der Waals surface area (Å²) in [6.45, 7) is 0.829. The molecule has 3 heteroatoms. The normalized spacial score (nSPS) is 10.1. The van der Waals surface area contributed by atoms with Gasteiger partial charge < -0.3 is 14.8 Å². The van der Waals surface area contributed by atoms with Crippen molar-refractivity contribution in [1.82, 2.24) is 5.32 Å². The van der Waals surface area contributed by atoms with E-state index in [1.165, 1.54) is 5.56 Å². The number of methoxy groups -OCH3 is 1. The summed E-state index contributed by atoms with van der Waals surface area (Å²) in [6.07, 6.45) is 0. The minimum atomic E-state index is 0.774. The standard InChI is InChI=1S/C15H17NO2/c1-16-11-12-5-3-7-14(9-12)18-15-8-4-6-13(10-15)17-2/h3-10,16H,11H2,1-2H3. The van der Waals surface area contributed by atoms with E-state index in [0.29, 0.717) is 0 Å². The third-order valence-corrected chi connectivity index (χ3v) is 2.56. The van der Waals surface area contributed by atoms with Crippen LogP contribution in [0.25, 0.3) is 0 Å². The highest BCUT2D eigenvalue weighted by atomic mass is 16.5. The second-order valence-corrected chi connectivity index (χ2v) is 3.96. The van der Waals surface area contributed by atoms with Crippen molar-refractivity contribution in [2.75, 3.05) is 14.2 Å². The van der Waals surface area contributed by atoms with E-state index in [1.54, 1.807) is 7.11 Å². The van der Waals surface area contributed by atoms with Gasteiger partial charge in [0.25, 0.3) is 0 Å². The Morgan fingerprint density at radius 1 is 0.944 bits per heavy atom. The van der Waals surface area contributed by atoms with E-state index in [2.05, 4.69) is 11.4 Å². The van der Waals surface area contributed by atoms with Crippen LogP contribution >= 0.6 is 0 Å². The van der Waals surface area contributed by atoms with Crippen molar-refractivity contribution in [2.24, 2.45) is 0 Å². The number of rotatable bonds is 5. The monoisotopic (exact) mass is 243 g/mol. The lowest BCUT2D eigenvalue weighted by atomic mass is 10.2. The molecule has 0 spiro atoms. The molecule has 1 N–H and O–H groups in total. The van der Waals surface area contributed by atoms with Crippen LogP contribution in [0, 0.1) is 0 Å². The van der Waals surface area contributed by atoms with Crippen LogP contribution in [-0.2, 0) is 6.54 Å². The maximum Gasteiger partial charge on any atom is 0.131 e. The van der Waals surface area contributed by atoms with Gasteiger partial charge in [0.05, 0.1) is 7.11 Å². The first-order valence-electron chi connectivity index (χ1n) is 5.87. The lowest BCUT2D eigenvalue weighted by molar-refractivity contribution is 0.409. The molecule has 0 unspecified atom stereocenters. The van der Waals surface area contributed by atoms with E-state index < -0.39 is 0 Å². The van der Waals surface area contributed by atoms with Gasteiger partial charge >= 0.3 is 0 Å². The Morgan fingerprint density at radius 2 is 1.61 bits per heavy atom. The minimum Gasteiger partial charge on any atom is -0.497 e. The second kappa shape index (κ2) is 6.07. The Hall–Kier alpha value is -2.00. The molecule has 0 saturated heterocycles. The van der Waals surface area contributed by atoms with Crippen molar-refractivity contribution in [3.63, 3.8) is 0 Å². The van der Waals surface area contributed by atoms with Gasteiger partial charge in [0, 0.05) is 12.6 Å². The fraction of sp³-hybridized carbons (Fsp3) is 0.200. The fourth-order valence-electron chi connectivity index (χ4n) is 1.72. The van der Waals surface area contributed by atoms with Crippen LogP contribution in [0.5, 0.6) is 17.2 Å². The van der Waals surface area contributed by atoms with Crippen LogP contribution in [0.1, 0.15) is 5.56 Å². The smallest absolute Gasteiger partial charge is 0.131 e. The Kier molecular flexibility index (Phi) is 4.20. The molecule has 0 radical (unpaired) electrons. The van der Waals surface area contributed by atoms with Crippen LogP contribution in [0.3, 0.4) is 0 Å². The maximum atomic E-state index is 5.80. The molecular formula is C15H17NO2. The molecule has 0 aliphatic rings. The molecule has 94 valence electrons. The summed E-state index contributed by atoms with van der Waals surface area (Å²) in [6, 6.07) is 15.6. The van der Waals surface area contributed by atoms with E-state index >= 15 is 0 Å². The molecule has 0 heterocycles. The molecule has 18 heavy (non-hydrogen) atoms. The van der Waals surface area contributed by atoms with Gasteiger partial charge in [0.2, 0.25) is 0 Å². The molecule has 0 bridgehead atoms. The summed E-state index contributed by atoms with van der Waals surface area (Å²) in [5, 5.41) is 3.12. The first-order chi connectivity index (χ1) is 8.81. The lowest BCUT2D eigenvalue weighted by Crippen LogP contribution is -2.04. The van der Waals surface area contributed by atoms with Crippen LogP contribution in [0.2, 0.25) is 0 Å². The van der Waals surface area contributed by atoms with E-state index in [0.717, 1.165) is 23.8 Å². The molecule has 0 aliphatic carbocycles. The zero-order valence-electron chi connectivity index (χ0n) is 10.6. The molecule has 0 fully saturated rings. The van der Waals surface area contributed by atoms with Gasteiger partial charge in [-0.15, -0.1) is 0 Å². The van der Waals surface area contributed by atoms with Gasteiger partial charge in [-0.05, 0) is 36.9 Å². The second-order valence-electron chi connectivity index (χ2n) is 3.96. The largest absolute Gasteiger partial charge is 0.497 e. The highest BCUT2D eigenvalue weighted by molar-refractivity contribution is 5.37. The molecule has 0 aliphatic heterocycles. The Labute approximate surface area is 107 Å². The van der Waals surface area contributed by atoms with Gasteiger partial charge in [-0.2, -0.15) is 0 Å². The molecule has 3 nitrogen and oxygen atoms in total. The summed E-state index contributed by atoms with van der Waals surface area (Å²) in [5.41, 5.74) is 1.19. The van der Waals surface area contributed by atoms with Gasteiger partial charge in [0.1, 0.15) is 17.2 Å². The van der Waals surface area contributed by atoms with Crippen LogP contribution in [0.15, 0.2) is 48.5 Å².